The number of aromatic nitrogens is 1. The summed E-state index contributed by atoms with van der Waals surface area (Å²) in [5, 5.41) is 0. The van der Waals surface area contributed by atoms with Crippen LogP contribution in [-0.4, -0.2) is 23.1 Å². The number of hydrogen-bond donors (Lipinski definition) is 0. The Morgan fingerprint density at radius 2 is 1.76 bits per heavy atom. The van der Waals surface area contributed by atoms with Crippen LogP contribution < -0.4 is 0 Å². The van der Waals surface area contributed by atoms with Crippen molar-refractivity contribution in [1.29, 1.82) is 0 Å². The van der Waals surface area contributed by atoms with Gasteiger partial charge in [-0.2, -0.15) is 0 Å². The minimum absolute atomic E-state index is 0.524. The Balaban J connectivity index is 1.64. The number of amidine groups is 1. The van der Waals surface area contributed by atoms with Gasteiger partial charge in [-0.15, -0.1) is 0 Å². The lowest BCUT2D eigenvalue weighted by Gasteiger charge is -2.15. The molecule has 1 aliphatic heterocycles. The van der Waals surface area contributed by atoms with Gasteiger partial charge in [-0.3, -0.25) is 9.98 Å². The number of aryl methyl sites for hydroxylation is 2. The number of hydrogen-bond acceptors (Lipinski definition) is 3. The highest BCUT2D eigenvalue weighted by Gasteiger charge is 2.22. The molecule has 0 bridgehead atoms. The van der Waals surface area contributed by atoms with E-state index in [4.69, 9.17) is 4.99 Å². The molecule has 1 atom stereocenters. The third kappa shape index (κ3) is 2.95. The van der Waals surface area contributed by atoms with Crippen LogP contribution in [0.1, 0.15) is 53.4 Å². The highest BCUT2D eigenvalue weighted by Crippen LogP contribution is 2.36. The van der Waals surface area contributed by atoms with E-state index in [0.29, 0.717) is 18.4 Å². The molecule has 0 amide bonds. The predicted molar refractivity (Wildman–Crippen MR) is 105 cm³/mol. The number of benzene rings is 1. The molecule has 0 N–H and O–H groups in total. The van der Waals surface area contributed by atoms with Crippen LogP contribution in [-0.2, 0) is 0 Å². The van der Waals surface area contributed by atoms with Crippen LogP contribution in [0.15, 0.2) is 46.4 Å². The Kier molecular flexibility index (Phi) is 3.87. The summed E-state index contributed by atoms with van der Waals surface area (Å²) >= 11 is 0. The lowest BCUT2D eigenvalue weighted by atomic mass is 9.90. The molecule has 1 aliphatic carbocycles. The van der Waals surface area contributed by atoms with E-state index < -0.39 is 0 Å². The second-order valence-electron chi connectivity index (χ2n) is 7.31. The Bertz CT molecular complexity index is 912. The lowest BCUT2D eigenvalue weighted by molar-refractivity contribution is 0.584. The second kappa shape index (κ2) is 6.07. The van der Waals surface area contributed by atoms with Gasteiger partial charge in [0.1, 0.15) is 0 Å². The average molecular weight is 329 g/mol. The van der Waals surface area contributed by atoms with E-state index in [0.717, 1.165) is 34.1 Å². The first-order valence-electron chi connectivity index (χ1n) is 8.91. The molecule has 3 nitrogen and oxygen atoms in total. The van der Waals surface area contributed by atoms with Gasteiger partial charge in [0, 0.05) is 28.4 Å². The molecule has 4 rings (SSSR count). The maximum Gasteiger partial charge on any atom is 0.155 e. The molecule has 0 saturated heterocycles. The maximum absolute atomic E-state index is 4.81. The van der Waals surface area contributed by atoms with Crippen LogP contribution >= 0.6 is 0 Å². The summed E-state index contributed by atoms with van der Waals surface area (Å²) in [4.78, 5) is 13.9. The number of rotatable bonds is 3. The predicted octanol–water partition coefficient (Wildman–Crippen LogP) is 4.71. The number of allylic oxidation sites excluding steroid dienone is 1. The van der Waals surface area contributed by atoms with Crippen molar-refractivity contribution in [2.75, 3.05) is 6.54 Å². The van der Waals surface area contributed by atoms with Crippen molar-refractivity contribution >= 4 is 17.6 Å². The van der Waals surface area contributed by atoms with Crippen LogP contribution in [0.2, 0.25) is 0 Å². The van der Waals surface area contributed by atoms with Gasteiger partial charge in [-0.05, 0) is 49.1 Å². The van der Waals surface area contributed by atoms with Crippen LogP contribution in [0, 0.1) is 19.8 Å². The molecule has 0 radical (unpaired) electrons. The van der Waals surface area contributed by atoms with Crippen molar-refractivity contribution < 1.29 is 0 Å². The first kappa shape index (κ1) is 15.9. The first-order chi connectivity index (χ1) is 12.0. The molecule has 0 fully saturated rings. The Morgan fingerprint density at radius 1 is 1.00 bits per heavy atom. The van der Waals surface area contributed by atoms with Gasteiger partial charge in [0.25, 0.3) is 0 Å². The summed E-state index contributed by atoms with van der Waals surface area (Å²) in [7, 11) is 0. The highest BCUT2D eigenvalue weighted by atomic mass is 15.0. The molecule has 2 aromatic rings. The Morgan fingerprint density at radius 3 is 2.48 bits per heavy atom. The smallest absolute Gasteiger partial charge is 0.155 e. The summed E-state index contributed by atoms with van der Waals surface area (Å²) < 4.78 is 0. The molecule has 3 heteroatoms. The molecule has 0 saturated carbocycles. The van der Waals surface area contributed by atoms with Gasteiger partial charge in [-0.25, -0.2) is 4.99 Å². The normalized spacial score (nSPS) is 18.5. The zero-order chi connectivity index (χ0) is 17.6. The fraction of sp³-hybridized carbons (Fsp3) is 0.318. The molecular formula is C22H23N3. The van der Waals surface area contributed by atoms with Crippen molar-refractivity contribution in [1.82, 2.24) is 4.98 Å². The topological polar surface area (TPSA) is 37.6 Å². The second-order valence-corrected chi connectivity index (χ2v) is 7.31. The number of pyridine rings is 1. The summed E-state index contributed by atoms with van der Waals surface area (Å²) in [5.41, 5.74) is 8.02. The van der Waals surface area contributed by atoms with Crippen molar-refractivity contribution in [3.8, 4) is 0 Å². The van der Waals surface area contributed by atoms with E-state index >= 15 is 0 Å². The molecule has 1 unspecified atom stereocenters. The fourth-order valence-electron chi connectivity index (χ4n) is 3.72. The van der Waals surface area contributed by atoms with Gasteiger partial charge >= 0.3 is 0 Å². The molecule has 2 heterocycles. The molecule has 126 valence electrons. The van der Waals surface area contributed by atoms with E-state index in [1.807, 2.05) is 13.8 Å². The van der Waals surface area contributed by atoms with Crippen molar-refractivity contribution in [2.45, 2.75) is 33.6 Å². The van der Waals surface area contributed by atoms with E-state index in [1.165, 1.54) is 11.1 Å². The third-order valence-electron chi connectivity index (χ3n) is 4.94. The van der Waals surface area contributed by atoms with Crippen molar-refractivity contribution in [2.24, 2.45) is 15.9 Å². The number of aliphatic imine (C=N–C) groups is 2. The Hall–Kier alpha value is -2.55. The number of fused-ring (bicyclic) bond motifs is 1. The van der Waals surface area contributed by atoms with Crippen LogP contribution in [0.25, 0.3) is 6.08 Å². The van der Waals surface area contributed by atoms with Crippen LogP contribution in [0.5, 0.6) is 0 Å². The Labute approximate surface area is 149 Å². The van der Waals surface area contributed by atoms with Gasteiger partial charge in [0.15, 0.2) is 5.84 Å². The molecule has 2 aliphatic rings. The molecular weight excluding hydrogens is 306 g/mol. The van der Waals surface area contributed by atoms with Crippen molar-refractivity contribution in [3.63, 3.8) is 0 Å². The van der Waals surface area contributed by atoms with Gasteiger partial charge in [-0.1, -0.05) is 38.1 Å². The summed E-state index contributed by atoms with van der Waals surface area (Å²) in [6.45, 7) is 9.22. The molecule has 25 heavy (non-hydrogen) atoms. The maximum atomic E-state index is 4.81. The van der Waals surface area contributed by atoms with Crippen LogP contribution in [0.3, 0.4) is 0 Å². The van der Waals surface area contributed by atoms with E-state index in [-0.39, 0.29) is 0 Å². The van der Waals surface area contributed by atoms with Gasteiger partial charge < -0.3 is 0 Å². The number of nitrogens with zero attached hydrogens (tertiary/aromatic N) is 3. The van der Waals surface area contributed by atoms with Crippen molar-refractivity contribution in [3.05, 3.63) is 70.0 Å². The highest BCUT2D eigenvalue weighted by molar-refractivity contribution is 6.17. The average Bonchev–Trinajstić information content (AvgIpc) is 3.20. The standard InChI is InChI=1S/C22H23N3/c1-13(2)19-7-5-16-11-17(6-8-20(16)19)22-23-12-21(25-22)18-9-14(3)24-15(4)10-18/h5-11,13,19H,12H2,1-4H3. The monoisotopic (exact) mass is 329 g/mol. The summed E-state index contributed by atoms with van der Waals surface area (Å²) in [5.74, 6) is 1.98. The minimum Gasteiger partial charge on any atom is -0.260 e. The van der Waals surface area contributed by atoms with E-state index in [9.17, 15) is 0 Å². The largest absolute Gasteiger partial charge is 0.260 e. The minimum atomic E-state index is 0.524. The SMILES string of the molecule is Cc1cc(C2=NC(c3ccc4c(c3)C=CC4C(C)C)=NC2)cc(C)n1. The zero-order valence-electron chi connectivity index (χ0n) is 15.2. The van der Waals surface area contributed by atoms with Gasteiger partial charge in [0.2, 0.25) is 0 Å². The van der Waals surface area contributed by atoms with E-state index in [2.05, 4.69) is 66.3 Å². The zero-order valence-corrected chi connectivity index (χ0v) is 15.2. The quantitative estimate of drug-likeness (QED) is 0.803. The first-order valence-corrected chi connectivity index (χ1v) is 8.91. The van der Waals surface area contributed by atoms with Crippen LogP contribution in [0.4, 0.5) is 0 Å². The lowest BCUT2D eigenvalue weighted by Crippen LogP contribution is -2.04. The molecule has 1 aromatic carbocycles. The summed E-state index contributed by atoms with van der Waals surface area (Å²) in [6, 6.07) is 10.8. The van der Waals surface area contributed by atoms with Gasteiger partial charge in [0.05, 0.1) is 12.3 Å². The molecule has 0 spiro atoms. The third-order valence-corrected chi connectivity index (χ3v) is 4.94. The molecule has 1 aromatic heterocycles. The summed E-state index contributed by atoms with van der Waals surface area (Å²) in [6.07, 6.45) is 4.55. The van der Waals surface area contributed by atoms with E-state index in [1.54, 1.807) is 0 Å². The fourth-order valence-corrected chi connectivity index (χ4v) is 3.72.